The number of nitrogens with two attached hydrogens (primary N) is 1. The second-order valence-corrected chi connectivity index (χ2v) is 5.47. The van der Waals surface area contributed by atoms with Gasteiger partial charge in [-0.05, 0) is 37.0 Å². The fourth-order valence-corrected chi connectivity index (χ4v) is 1.99. The Hall–Kier alpha value is -1.66. The van der Waals surface area contributed by atoms with Gasteiger partial charge in [0.25, 0.3) is 6.47 Å². The number of benzene rings is 1. The van der Waals surface area contributed by atoms with Crippen molar-refractivity contribution >= 4 is 28.3 Å². The highest BCUT2D eigenvalue weighted by Crippen LogP contribution is 2.19. The van der Waals surface area contributed by atoms with Crippen molar-refractivity contribution in [1.29, 1.82) is 0 Å². The van der Waals surface area contributed by atoms with Crippen molar-refractivity contribution in [3.8, 4) is 0 Å². The number of amides is 1. The minimum absolute atomic E-state index is 0.0394. The van der Waals surface area contributed by atoms with E-state index >= 15 is 0 Å². The normalized spacial score (nSPS) is 12.5. The van der Waals surface area contributed by atoms with E-state index in [0.29, 0.717) is 18.9 Å². The number of carbonyl (C=O) groups excluding carboxylic acids is 2. The summed E-state index contributed by atoms with van der Waals surface area (Å²) in [4.78, 5) is 20.6. The summed E-state index contributed by atoms with van der Waals surface area (Å²) < 4.78 is 4.87. The van der Waals surface area contributed by atoms with Crippen molar-refractivity contribution in [3.05, 3.63) is 47.5 Å². The number of methoxy groups -OCH3 is 1. The predicted molar refractivity (Wildman–Crippen MR) is 103 cm³/mol. The first kappa shape index (κ1) is 24.6. The molecular formula is C18H29BrN2O3. The van der Waals surface area contributed by atoms with Crippen LogP contribution < -0.4 is 11.1 Å². The molecule has 0 heterocycles. The SMILES string of the molecule is C=C.CC.COC=O.NC(Cc1cccc(Br)c1)C(=O)NC1CC1. The molecule has 6 heteroatoms. The maximum atomic E-state index is 11.6. The Labute approximate surface area is 153 Å². The maximum Gasteiger partial charge on any atom is 0.292 e. The molecule has 136 valence electrons. The van der Waals surface area contributed by atoms with Crippen molar-refractivity contribution in [1.82, 2.24) is 5.32 Å². The lowest BCUT2D eigenvalue weighted by Gasteiger charge is -2.11. The summed E-state index contributed by atoms with van der Waals surface area (Å²) >= 11 is 3.40. The first-order valence-electron chi connectivity index (χ1n) is 7.83. The van der Waals surface area contributed by atoms with E-state index in [0.717, 1.165) is 22.9 Å². The summed E-state index contributed by atoms with van der Waals surface area (Å²) in [6.45, 7) is 10.4. The Morgan fingerprint density at radius 1 is 1.46 bits per heavy atom. The summed E-state index contributed by atoms with van der Waals surface area (Å²) in [7, 11) is 1.31. The second kappa shape index (κ2) is 16.2. The molecule has 1 aromatic carbocycles. The number of ether oxygens (including phenoxy) is 1. The lowest BCUT2D eigenvalue weighted by Crippen LogP contribution is -2.42. The van der Waals surface area contributed by atoms with Crippen LogP contribution in [0, 0.1) is 0 Å². The zero-order valence-corrected chi connectivity index (χ0v) is 16.3. The third-order valence-electron chi connectivity index (χ3n) is 2.70. The minimum atomic E-state index is -0.449. The minimum Gasteiger partial charge on any atom is -0.471 e. The predicted octanol–water partition coefficient (Wildman–Crippen LogP) is 3.22. The van der Waals surface area contributed by atoms with Crippen molar-refractivity contribution in [2.24, 2.45) is 5.73 Å². The summed E-state index contributed by atoms with van der Waals surface area (Å²) in [5.74, 6) is -0.0394. The zero-order valence-electron chi connectivity index (χ0n) is 14.8. The first-order chi connectivity index (χ1) is 11.6. The van der Waals surface area contributed by atoms with Crippen LogP contribution >= 0.6 is 15.9 Å². The Morgan fingerprint density at radius 3 is 2.42 bits per heavy atom. The van der Waals surface area contributed by atoms with Crippen LogP contribution in [0.2, 0.25) is 0 Å². The molecule has 2 rings (SSSR count). The van der Waals surface area contributed by atoms with Crippen molar-refractivity contribution in [2.45, 2.75) is 45.2 Å². The van der Waals surface area contributed by atoms with Crippen LogP contribution in [-0.2, 0) is 20.7 Å². The topological polar surface area (TPSA) is 81.4 Å². The van der Waals surface area contributed by atoms with Gasteiger partial charge in [0.15, 0.2) is 0 Å². The van der Waals surface area contributed by atoms with Gasteiger partial charge in [-0.25, -0.2) is 0 Å². The Morgan fingerprint density at radius 2 is 2.00 bits per heavy atom. The van der Waals surface area contributed by atoms with Gasteiger partial charge in [-0.2, -0.15) is 0 Å². The van der Waals surface area contributed by atoms with E-state index in [1.54, 1.807) is 0 Å². The molecule has 1 unspecified atom stereocenters. The van der Waals surface area contributed by atoms with Gasteiger partial charge >= 0.3 is 0 Å². The third kappa shape index (κ3) is 12.8. The van der Waals surface area contributed by atoms with Crippen LogP contribution in [0.5, 0.6) is 0 Å². The fraction of sp³-hybridized carbons (Fsp3) is 0.444. The van der Waals surface area contributed by atoms with E-state index in [2.05, 4.69) is 39.1 Å². The molecule has 0 saturated heterocycles. The number of carbonyl (C=O) groups is 2. The van der Waals surface area contributed by atoms with Crippen LogP contribution in [0.1, 0.15) is 32.3 Å². The highest BCUT2D eigenvalue weighted by Gasteiger charge is 2.25. The lowest BCUT2D eigenvalue weighted by molar-refractivity contribution is -0.126. The average molecular weight is 401 g/mol. The monoisotopic (exact) mass is 400 g/mol. The molecule has 1 fully saturated rings. The molecule has 1 atom stereocenters. The molecule has 0 radical (unpaired) electrons. The summed E-state index contributed by atoms with van der Waals surface area (Å²) in [6.07, 6.45) is 2.77. The fourth-order valence-electron chi connectivity index (χ4n) is 1.55. The molecule has 0 bridgehead atoms. The third-order valence-corrected chi connectivity index (χ3v) is 3.19. The van der Waals surface area contributed by atoms with Crippen LogP contribution in [-0.4, -0.2) is 31.6 Å². The molecule has 3 N–H and O–H groups in total. The first-order valence-corrected chi connectivity index (χ1v) is 8.63. The Bertz CT molecular complexity index is 465. The highest BCUT2D eigenvalue weighted by atomic mass is 79.9. The molecule has 0 spiro atoms. The van der Waals surface area contributed by atoms with Gasteiger partial charge in [-0.3, -0.25) is 9.59 Å². The van der Waals surface area contributed by atoms with Gasteiger partial charge in [0.05, 0.1) is 13.2 Å². The number of halogens is 1. The molecule has 0 aromatic heterocycles. The van der Waals surface area contributed by atoms with E-state index in [4.69, 9.17) is 10.5 Å². The number of hydrogen-bond acceptors (Lipinski definition) is 4. The van der Waals surface area contributed by atoms with Gasteiger partial charge in [0.1, 0.15) is 0 Å². The van der Waals surface area contributed by atoms with Crippen molar-refractivity contribution < 1.29 is 14.3 Å². The van der Waals surface area contributed by atoms with Crippen LogP contribution in [0.4, 0.5) is 0 Å². The van der Waals surface area contributed by atoms with E-state index in [9.17, 15) is 4.79 Å². The van der Waals surface area contributed by atoms with Crippen LogP contribution in [0.15, 0.2) is 41.9 Å². The van der Waals surface area contributed by atoms with Gasteiger partial charge in [0.2, 0.25) is 5.91 Å². The van der Waals surface area contributed by atoms with E-state index in [-0.39, 0.29) is 5.91 Å². The zero-order chi connectivity index (χ0) is 19.0. The van der Waals surface area contributed by atoms with Gasteiger partial charge < -0.3 is 15.8 Å². The second-order valence-electron chi connectivity index (χ2n) is 4.56. The van der Waals surface area contributed by atoms with Gasteiger partial charge in [0, 0.05) is 10.5 Å². The molecule has 24 heavy (non-hydrogen) atoms. The highest BCUT2D eigenvalue weighted by molar-refractivity contribution is 9.10. The Kier molecular flexibility index (Phi) is 16.6. The molecule has 5 nitrogen and oxygen atoms in total. The Balaban J connectivity index is 0. The molecule has 1 saturated carbocycles. The van der Waals surface area contributed by atoms with Crippen LogP contribution in [0.25, 0.3) is 0 Å². The summed E-state index contributed by atoms with van der Waals surface area (Å²) in [6, 6.07) is 7.81. The molecule has 1 amide bonds. The van der Waals surface area contributed by atoms with Crippen molar-refractivity contribution in [3.63, 3.8) is 0 Å². The molecule has 0 aliphatic heterocycles. The maximum absolute atomic E-state index is 11.6. The summed E-state index contributed by atoms with van der Waals surface area (Å²) in [5, 5.41) is 2.91. The molecular weight excluding hydrogens is 372 g/mol. The van der Waals surface area contributed by atoms with Crippen LogP contribution in [0.3, 0.4) is 0 Å². The number of rotatable bonds is 5. The summed E-state index contributed by atoms with van der Waals surface area (Å²) in [5.41, 5.74) is 6.92. The van der Waals surface area contributed by atoms with E-state index in [1.165, 1.54) is 7.11 Å². The van der Waals surface area contributed by atoms with Gasteiger partial charge in [-0.1, -0.05) is 41.9 Å². The smallest absolute Gasteiger partial charge is 0.292 e. The average Bonchev–Trinajstić information content (AvgIpc) is 3.42. The number of hydrogen-bond donors (Lipinski definition) is 2. The van der Waals surface area contributed by atoms with Gasteiger partial charge in [-0.15, -0.1) is 13.2 Å². The quantitative estimate of drug-likeness (QED) is 0.587. The van der Waals surface area contributed by atoms with E-state index in [1.807, 2.05) is 38.1 Å². The lowest BCUT2D eigenvalue weighted by atomic mass is 10.1. The molecule has 1 aliphatic carbocycles. The number of nitrogens with one attached hydrogen (secondary N) is 1. The van der Waals surface area contributed by atoms with E-state index < -0.39 is 6.04 Å². The standard InChI is InChI=1S/C12H15BrN2O.C2H4O2.C2H6.C2H4/c13-9-3-1-2-8(6-9)7-11(14)12(16)15-10-4-5-10;1-4-2-3;2*1-2/h1-3,6,10-11H,4-5,7,14H2,(H,15,16);2H,1H3;1-2H3;1-2H2. The largest absolute Gasteiger partial charge is 0.471 e. The van der Waals surface area contributed by atoms with Crippen molar-refractivity contribution in [2.75, 3.05) is 7.11 Å². The molecule has 1 aliphatic rings. The molecule has 1 aromatic rings.